The van der Waals surface area contributed by atoms with Crippen molar-refractivity contribution in [3.05, 3.63) is 23.3 Å². The van der Waals surface area contributed by atoms with Gasteiger partial charge < -0.3 is 10.1 Å². The fourth-order valence-electron chi connectivity index (χ4n) is 1.41. The van der Waals surface area contributed by atoms with Crippen LogP contribution < -0.4 is 10.1 Å². The molecule has 0 unspecified atom stereocenters. The maximum Gasteiger partial charge on any atom is 0.124 e. The summed E-state index contributed by atoms with van der Waals surface area (Å²) in [7, 11) is 1.71. The highest BCUT2D eigenvalue weighted by molar-refractivity contribution is 5.58. The van der Waals surface area contributed by atoms with Crippen LogP contribution in [0, 0.1) is 13.8 Å². The SMILES string of the molecule is CCNc1cc(C)cc(OC)c1C. The monoisotopic (exact) mass is 179 g/mol. The van der Waals surface area contributed by atoms with Crippen molar-refractivity contribution in [3.8, 4) is 5.75 Å². The third kappa shape index (κ3) is 2.14. The van der Waals surface area contributed by atoms with E-state index in [1.807, 2.05) is 0 Å². The first-order valence-corrected chi connectivity index (χ1v) is 4.58. The van der Waals surface area contributed by atoms with Gasteiger partial charge in [0.15, 0.2) is 0 Å². The molecule has 1 N–H and O–H groups in total. The first-order valence-electron chi connectivity index (χ1n) is 4.58. The van der Waals surface area contributed by atoms with E-state index in [0.717, 1.165) is 12.3 Å². The Morgan fingerprint density at radius 3 is 2.54 bits per heavy atom. The van der Waals surface area contributed by atoms with Crippen LogP contribution in [-0.4, -0.2) is 13.7 Å². The normalized spacial score (nSPS) is 9.85. The van der Waals surface area contributed by atoms with E-state index in [0.29, 0.717) is 0 Å². The third-order valence-electron chi connectivity index (χ3n) is 2.09. The molecule has 0 saturated carbocycles. The minimum atomic E-state index is 0.938. The summed E-state index contributed by atoms with van der Waals surface area (Å²) >= 11 is 0. The summed E-state index contributed by atoms with van der Waals surface area (Å²) in [6, 6.07) is 4.19. The molecule has 0 fully saturated rings. The Balaban J connectivity index is 3.11. The first kappa shape index (κ1) is 9.90. The number of benzene rings is 1. The molecule has 1 aromatic carbocycles. The lowest BCUT2D eigenvalue weighted by molar-refractivity contribution is 0.411. The molecule has 0 aromatic heterocycles. The molecule has 0 spiro atoms. The second kappa shape index (κ2) is 4.17. The fourth-order valence-corrected chi connectivity index (χ4v) is 1.41. The van der Waals surface area contributed by atoms with E-state index >= 15 is 0 Å². The Kier molecular flexibility index (Phi) is 3.18. The molecule has 0 aliphatic carbocycles. The van der Waals surface area contributed by atoms with Gasteiger partial charge in [-0.2, -0.15) is 0 Å². The van der Waals surface area contributed by atoms with E-state index < -0.39 is 0 Å². The van der Waals surface area contributed by atoms with Crippen LogP contribution in [0.5, 0.6) is 5.75 Å². The summed E-state index contributed by atoms with van der Waals surface area (Å²) in [5.41, 5.74) is 3.56. The topological polar surface area (TPSA) is 21.3 Å². The Hall–Kier alpha value is -1.18. The van der Waals surface area contributed by atoms with E-state index in [1.165, 1.54) is 16.8 Å². The molecule has 2 heteroatoms. The molecule has 0 bridgehead atoms. The van der Waals surface area contributed by atoms with E-state index in [9.17, 15) is 0 Å². The van der Waals surface area contributed by atoms with Crippen LogP contribution in [0.2, 0.25) is 0 Å². The Labute approximate surface area is 79.9 Å². The molecule has 1 aromatic rings. The summed E-state index contributed by atoms with van der Waals surface area (Å²) < 4.78 is 5.27. The Bertz CT molecular complexity index is 294. The predicted molar refractivity (Wildman–Crippen MR) is 56.6 cm³/mol. The number of nitrogens with one attached hydrogen (secondary N) is 1. The van der Waals surface area contributed by atoms with Crippen molar-refractivity contribution in [1.82, 2.24) is 0 Å². The van der Waals surface area contributed by atoms with Gasteiger partial charge in [-0.05, 0) is 38.5 Å². The van der Waals surface area contributed by atoms with Gasteiger partial charge in [-0.1, -0.05) is 0 Å². The second-order valence-corrected chi connectivity index (χ2v) is 3.17. The number of rotatable bonds is 3. The Morgan fingerprint density at radius 1 is 1.31 bits per heavy atom. The molecule has 0 aliphatic rings. The third-order valence-corrected chi connectivity index (χ3v) is 2.09. The van der Waals surface area contributed by atoms with Crippen molar-refractivity contribution in [3.63, 3.8) is 0 Å². The lowest BCUT2D eigenvalue weighted by Gasteiger charge is -2.12. The number of ether oxygens (including phenoxy) is 1. The van der Waals surface area contributed by atoms with E-state index in [-0.39, 0.29) is 0 Å². The van der Waals surface area contributed by atoms with Crippen molar-refractivity contribution in [1.29, 1.82) is 0 Å². The van der Waals surface area contributed by atoms with Crippen molar-refractivity contribution < 1.29 is 4.74 Å². The van der Waals surface area contributed by atoms with Crippen molar-refractivity contribution in [2.45, 2.75) is 20.8 Å². The standard InChI is InChI=1S/C11H17NO/c1-5-12-10-6-8(2)7-11(13-4)9(10)3/h6-7,12H,5H2,1-4H3. The zero-order valence-corrected chi connectivity index (χ0v) is 8.77. The Morgan fingerprint density at radius 2 is 2.00 bits per heavy atom. The lowest BCUT2D eigenvalue weighted by Crippen LogP contribution is -2.00. The quantitative estimate of drug-likeness (QED) is 0.770. The lowest BCUT2D eigenvalue weighted by atomic mass is 10.1. The number of aryl methyl sites for hydroxylation is 1. The molecule has 0 saturated heterocycles. The van der Waals surface area contributed by atoms with E-state index in [1.54, 1.807) is 7.11 Å². The van der Waals surface area contributed by atoms with Gasteiger partial charge in [-0.15, -0.1) is 0 Å². The highest BCUT2D eigenvalue weighted by atomic mass is 16.5. The fraction of sp³-hybridized carbons (Fsp3) is 0.455. The maximum absolute atomic E-state index is 5.27. The smallest absolute Gasteiger partial charge is 0.124 e. The summed E-state index contributed by atoms with van der Waals surface area (Å²) in [4.78, 5) is 0. The maximum atomic E-state index is 5.27. The molecule has 72 valence electrons. The van der Waals surface area contributed by atoms with Gasteiger partial charge >= 0.3 is 0 Å². The van der Waals surface area contributed by atoms with Crippen LogP contribution in [0.15, 0.2) is 12.1 Å². The van der Waals surface area contributed by atoms with Gasteiger partial charge in [0.1, 0.15) is 5.75 Å². The molecule has 0 heterocycles. The van der Waals surface area contributed by atoms with Gasteiger partial charge in [-0.25, -0.2) is 0 Å². The average molecular weight is 179 g/mol. The number of hydrogen-bond donors (Lipinski definition) is 1. The second-order valence-electron chi connectivity index (χ2n) is 3.17. The van der Waals surface area contributed by atoms with Crippen molar-refractivity contribution in [2.75, 3.05) is 19.0 Å². The van der Waals surface area contributed by atoms with Crippen LogP contribution in [0.25, 0.3) is 0 Å². The van der Waals surface area contributed by atoms with E-state index in [4.69, 9.17) is 4.74 Å². The van der Waals surface area contributed by atoms with Gasteiger partial charge in [0, 0.05) is 17.8 Å². The van der Waals surface area contributed by atoms with Crippen LogP contribution in [0.1, 0.15) is 18.1 Å². The van der Waals surface area contributed by atoms with Gasteiger partial charge in [0.05, 0.1) is 7.11 Å². The molecular formula is C11H17NO. The number of methoxy groups -OCH3 is 1. The van der Waals surface area contributed by atoms with Crippen LogP contribution in [0.4, 0.5) is 5.69 Å². The van der Waals surface area contributed by atoms with Gasteiger partial charge in [-0.3, -0.25) is 0 Å². The zero-order chi connectivity index (χ0) is 9.84. The first-order chi connectivity index (χ1) is 6.19. The molecule has 0 aliphatic heterocycles. The summed E-state index contributed by atoms with van der Waals surface area (Å²) in [6.07, 6.45) is 0. The molecule has 0 radical (unpaired) electrons. The molecule has 0 atom stereocenters. The minimum Gasteiger partial charge on any atom is -0.496 e. The largest absolute Gasteiger partial charge is 0.496 e. The van der Waals surface area contributed by atoms with E-state index in [2.05, 4.69) is 38.2 Å². The minimum absolute atomic E-state index is 0.938. The van der Waals surface area contributed by atoms with Gasteiger partial charge in [0.25, 0.3) is 0 Å². The van der Waals surface area contributed by atoms with Crippen LogP contribution >= 0.6 is 0 Å². The number of hydrogen-bond acceptors (Lipinski definition) is 2. The highest BCUT2D eigenvalue weighted by Gasteiger charge is 2.04. The summed E-state index contributed by atoms with van der Waals surface area (Å²) in [5.74, 6) is 0.955. The predicted octanol–water partition coefficient (Wildman–Crippen LogP) is 2.74. The molecular weight excluding hydrogens is 162 g/mol. The summed E-state index contributed by atoms with van der Waals surface area (Å²) in [5, 5.41) is 3.31. The van der Waals surface area contributed by atoms with Crippen LogP contribution in [0.3, 0.4) is 0 Å². The summed E-state index contributed by atoms with van der Waals surface area (Å²) in [6.45, 7) is 7.17. The van der Waals surface area contributed by atoms with Gasteiger partial charge in [0.2, 0.25) is 0 Å². The molecule has 0 amide bonds. The molecule has 2 nitrogen and oxygen atoms in total. The van der Waals surface area contributed by atoms with Crippen molar-refractivity contribution in [2.24, 2.45) is 0 Å². The number of anilines is 1. The van der Waals surface area contributed by atoms with Crippen LogP contribution in [-0.2, 0) is 0 Å². The molecule has 1 rings (SSSR count). The zero-order valence-electron chi connectivity index (χ0n) is 8.77. The van der Waals surface area contributed by atoms with Crippen molar-refractivity contribution >= 4 is 5.69 Å². The average Bonchev–Trinajstić information content (AvgIpc) is 2.11. The molecule has 13 heavy (non-hydrogen) atoms. The highest BCUT2D eigenvalue weighted by Crippen LogP contribution is 2.27.